The van der Waals surface area contributed by atoms with Crippen molar-refractivity contribution in [3.05, 3.63) is 28.3 Å². The van der Waals surface area contributed by atoms with Crippen LogP contribution >= 0.6 is 11.6 Å². The molecule has 1 aliphatic heterocycles. The van der Waals surface area contributed by atoms with E-state index in [1.54, 1.807) is 0 Å². The van der Waals surface area contributed by atoms with Gasteiger partial charge in [-0.05, 0) is 48.6 Å². The van der Waals surface area contributed by atoms with Crippen LogP contribution in [0.5, 0.6) is 5.75 Å². The molecule has 3 heteroatoms. The van der Waals surface area contributed by atoms with Crippen molar-refractivity contribution in [2.75, 3.05) is 20.2 Å². The number of fused-ring (bicyclic) bond motifs is 1. The van der Waals surface area contributed by atoms with Crippen LogP contribution in [0.1, 0.15) is 37.8 Å². The summed E-state index contributed by atoms with van der Waals surface area (Å²) in [6.45, 7) is 6.39. The minimum Gasteiger partial charge on any atom is -0.493 e. The van der Waals surface area contributed by atoms with Gasteiger partial charge in [-0.2, -0.15) is 0 Å². The van der Waals surface area contributed by atoms with Gasteiger partial charge in [0, 0.05) is 18.0 Å². The van der Waals surface area contributed by atoms with Gasteiger partial charge in [0.15, 0.2) is 0 Å². The Morgan fingerprint density at radius 1 is 1.42 bits per heavy atom. The Morgan fingerprint density at radius 3 is 2.89 bits per heavy atom. The molecule has 1 aromatic carbocycles. The number of nitrogens with one attached hydrogen (secondary N) is 1. The molecule has 0 radical (unpaired) electrons. The first-order valence-electron chi connectivity index (χ1n) is 7.16. The standard InChI is InChI=1S/C16H24ClNO/c1-4-6-16(2,11-18-3)10-13-9-14(17)8-12-5-7-19-15(12)13/h8-9,18H,4-7,10-11H2,1-3H3. The van der Waals surface area contributed by atoms with Gasteiger partial charge in [0.05, 0.1) is 6.61 Å². The molecule has 0 amide bonds. The number of halogens is 1. The van der Waals surface area contributed by atoms with Gasteiger partial charge in [-0.15, -0.1) is 0 Å². The largest absolute Gasteiger partial charge is 0.493 e. The highest BCUT2D eigenvalue weighted by Crippen LogP contribution is 2.37. The van der Waals surface area contributed by atoms with Crippen LogP contribution in [0.2, 0.25) is 5.02 Å². The lowest BCUT2D eigenvalue weighted by molar-refractivity contribution is 0.276. The average molecular weight is 282 g/mol. The third-order valence-corrected chi connectivity index (χ3v) is 4.12. The van der Waals surface area contributed by atoms with E-state index in [4.69, 9.17) is 16.3 Å². The summed E-state index contributed by atoms with van der Waals surface area (Å²) in [5, 5.41) is 4.16. The maximum atomic E-state index is 6.24. The molecule has 0 spiro atoms. The summed E-state index contributed by atoms with van der Waals surface area (Å²) in [6, 6.07) is 4.12. The molecule has 1 atom stereocenters. The van der Waals surface area contributed by atoms with Crippen LogP contribution in [0.25, 0.3) is 0 Å². The zero-order valence-corrected chi connectivity index (χ0v) is 12.9. The third-order valence-electron chi connectivity index (χ3n) is 3.90. The lowest BCUT2D eigenvalue weighted by Crippen LogP contribution is -2.31. The second kappa shape index (κ2) is 6.15. The van der Waals surface area contributed by atoms with Gasteiger partial charge < -0.3 is 10.1 Å². The molecule has 1 N–H and O–H groups in total. The van der Waals surface area contributed by atoms with Gasteiger partial charge in [0.1, 0.15) is 5.75 Å². The van der Waals surface area contributed by atoms with E-state index >= 15 is 0 Å². The highest BCUT2D eigenvalue weighted by Gasteiger charge is 2.27. The molecule has 0 saturated carbocycles. The topological polar surface area (TPSA) is 21.3 Å². The van der Waals surface area contributed by atoms with Gasteiger partial charge in [-0.3, -0.25) is 0 Å². The molecule has 1 aliphatic rings. The molecular weight excluding hydrogens is 258 g/mol. The van der Waals surface area contributed by atoms with E-state index in [0.717, 1.165) is 36.8 Å². The molecule has 0 saturated heterocycles. The van der Waals surface area contributed by atoms with Crippen LogP contribution in [0.15, 0.2) is 12.1 Å². The van der Waals surface area contributed by atoms with Crippen molar-refractivity contribution >= 4 is 11.6 Å². The Labute approximate surface area is 121 Å². The van der Waals surface area contributed by atoms with Gasteiger partial charge in [-0.1, -0.05) is 31.9 Å². The number of hydrogen-bond donors (Lipinski definition) is 1. The van der Waals surface area contributed by atoms with E-state index in [2.05, 4.69) is 25.2 Å². The summed E-state index contributed by atoms with van der Waals surface area (Å²) in [7, 11) is 2.02. The normalized spacial score (nSPS) is 16.8. The summed E-state index contributed by atoms with van der Waals surface area (Å²) in [4.78, 5) is 0. The first-order chi connectivity index (χ1) is 9.08. The van der Waals surface area contributed by atoms with Gasteiger partial charge in [0.2, 0.25) is 0 Å². The van der Waals surface area contributed by atoms with Crippen molar-refractivity contribution in [3.63, 3.8) is 0 Å². The number of rotatable bonds is 6. The fourth-order valence-corrected chi connectivity index (χ4v) is 3.47. The Kier molecular flexibility index (Phi) is 4.75. The molecule has 1 aromatic rings. The zero-order chi connectivity index (χ0) is 13.9. The minimum atomic E-state index is 0.258. The fourth-order valence-electron chi connectivity index (χ4n) is 3.21. The average Bonchev–Trinajstić information content (AvgIpc) is 2.77. The molecule has 19 heavy (non-hydrogen) atoms. The van der Waals surface area contributed by atoms with Crippen LogP contribution in [0.3, 0.4) is 0 Å². The maximum absolute atomic E-state index is 6.24. The van der Waals surface area contributed by atoms with Crippen LogP contribution in [-0.2, 0) is 12.8 Å². The molecule has 2 rings (SSSR count). The molecule has 0 aliphatic carbocycles. The predicted molar refractivity (Wildman–Crippen MR) is 81.3 cm³/mol. The quantitative estimate of drug-likeness (QED) is 0.855. The highest BCUT2D eigenvalue weighted by atomic mass is 35.5. The minimum absolute atomic E-state index is 0.258. The molecule has 0 fully saturated rings. The fraction of sp³-hybridized carbons (Fsp3) is 0.625. The van der Waals surface area contributed by atoms with E-state index in [1.165, 1.54) is 24.0 Å². The summed E-state index contributed by atoms with van der Waals surface area (Å²) in [6.07, 6.45) is 4.40. The van der Waals surface area contributed by atoms with Crippen LogP contribution in [0.4, 0.5) is 0 Å². The highest BCUT2D eigenvalue weighted by molar-refractivity contribution is 6.30. The molecule has 106 valence electrons. The van der Waals surface area contributed by atoms with Crippen molar-refractivity contribution in [1.82, 2.24) is 5.32 Å². The van der Waals surface area contributed by atoms with Crippen LogP contribution in [-0.4, -0.2) is 20.2 Å². The molecular formula is C16H24ClNO. The van der Waals surface area contributed by atoms with E-state index in [9.17, 15) is 0 Å². The van der Waals surface area contributed by atoms with Crippen molar-refractivity contribution in [1.29, 1.82) is 0 Å². The Balaban J connectivity index is 2.26. The Bertz CT molecular complexity index is 439. The molecule has 2 nitrogen and oxygen atoms in total. The van der Waals surface area contributed by atoms with Gasteiger partial charge in [0.25, 0.3) is 0 Å². The Hall–Kier alpha value is -0.730. The van der Waals surface area contributed by atoms with Crippen molar-refractivity contribution in [2.45, 2.75) is 39.5 Å². The monoisotopic (exact) mass is 281 g/mol. The van der Waals surface area contributed by atoms with Crippen molar-refractivity contribution in [2.24, 2.45) is 5.41 Å². The van der Waals surface area contributed by atoms with Crippen molar-refractivity contribution in [3.8, 4) is 5.75 Å². The molecule has 0 aromatic heterocycles. The maximum Gasteiger partial charge on any atom is 0.125 e. The van der Waals surface area contributed by atoms with E-state index in [1.807, 2.05) is 13.1 Å². The van der Waals surface area contributed by atoms with Crippen LogP contribution < -0.4 is 10.1 Å². The predicted octanol–water partition coefficient (Wildman–Crippen LogP) is 3.84. The number of hydrogen-bond acceptors (Lipinski definition) is 2. The van der Waals surface area contributed by atoms with Gasteiger partial charge in [-0.25, -0.2) is 0 Å². The van der Waals surface area contributed by atoms with Gasteiger partial charge >= 0.3 is 0 Å². The summed E-state index contributed by atoms with van der Waals surface area (Å²) < 4.78 is 5.81. The van der Waals surface area contributed by atoms with E-state index < -0.39 is 0 Å². The Morgan fingerprint density at radius 2 is 2.21 bits per heavy atom. The lowest BCUT2D eigenvalue weighted by atomic mass is 9.79. The van der Waals surface area contributed by atoms with E-state index in [0.29, 0.717) is 0 Å². The number of ether oxygens (including phenoxy) is 1. The molecule has 1 heterocycles. The summed E-state index contributed by atoms with van der Waals surface area (Å²) in [5.41, 5.74) is 2.80. The van der Waals surface area contributed by atoms with E-state index in [-0.39, 0.29) is 5.41 Å². The molecule has 0 bridgehead atoms. The first-order valence-corrected chi connectivity index (χ1v) is 7.54. The second-order valence-electron chi connectivity index (χ2n) is 5.92. The smallest absolute Gasteiger partial charge is 0.125 e. The lowest BCUT2D eigenvalue weighted by Gasteiger charge is -2.30. The third kappa shape index (κ3) is 3.43. The second-order valence-corrected chi connectivity index (χ2v) is 6.36. The SMILES string of the molecule is CCCC(C)(CNC)Cc1cc(Cl)cc2c1OCC2. The summed E-state index contributed by atoms with van der Waals surface area (Å²) >= 11 is 6.24. The molecule has 1 unspecified atom stereocenters. The van der Waals surface area contributed by atoms with Crippen molar-refractivity contribution < 1.29 is 4.74 Å². The number of benzene rings is 1. The summed E-state index contributed by atoms with van der Waals surface area (Å²) in [5.74, 6) is 1.09. The van der Waals surface area contributed by atoms with Crippen LogP contribution in [0, 0.1) is 5.41 Å². The zero-order valence-electron chi connectivity index (χ0n) is 12.2. The first kappa shape index (κ1) is 14.7.